The maximum atomic E-state index is 12.8. The van der Waals surface area contributed by atoms with Crippen LogP contribution in [0.15, 0.2) is 90.6 Å². The van der Waals surface area contributed by atoms with Gasteiger partial charge in [0, 0.05) is 36.7 Å². The zero-order valence-corrected chi connectivity index (χ0v) is 20.7. The lowest BCUT2D eigenvalue weighted by molar-refractivity contribution is -0.139. The highest BCUT2D eigenvalue weighted by Gasteiger charge is 2.30. The number of carbonyl (C=O) groups excluding carboxylic acids is 2. The van der Waals surface area contributed by atoms with Crippen LogP contribution in [-0.4, -0.2) is 29.0 Å². The molecule has 1 fully saturated rings. The lowest BCUT2D eigenvalue weighted by Gasteiger charge is -2.31. The Morgan fingerprint density at radius 1 is 1.03 bits per heavy atom. The number of hydrogen-bond donors (Lipinski definition) is 1. The molecular formula is C30H31N3O3. The van der Waals surface area contributed by atoms with E-state index in [9.17, 15) is 9.59 Å². The molecule has 3 aromatic carbocycles. The number of anilines is 1. The number of oxime groups is 1. The predicted octanol–water partition coefficient (Wildman–Crippen LogP) is 5.78. The molecule has 0 aliphatic carbocycles. The van der Waals surface area contributed by atoms with E-state index in [0.717, 1.165) is 22.4 Å². The summed E-state index contributed by atoms with van der Waals surface area (Å²) in [6.07, 6.45) is 0.866. The Hall–Kier alpha value is -4.19. The van der Waals surface area contributed by atoms with E-state index in [1.807, 2.05) is 85.5 Å². The van der Waals surface area contributed by atoms with Gasteiger partial charge in [0.25, 0.3) is 0 Å². The topological polar surface area (TPSA) is 71.0 Å². The fraction of sp³-hybridized carbons (Fsp3) is 0.233. The van der Waals surface area contributed by atoms with Crippen molar-refractivity contribution in [3.63, 3.8) is 0 Å². The quantitative estimate of drug-likeness (QED) is 0.252. The van der Waals surface area contributed by atoms with E-state index in [2.05, 4.69) is 17.1 Å². The highest BCUT2D eigenvalue weighted by molar-refractivity contribution is 5.98. The van der Waals surface area contributed by atoms with Gasteiger partial charge in [0.05, 0.1) is 5.71 Å². The first-order valence-corrected chi connectivity index (χ1v) is 12.1. The van der Waals surface area contributed by atoms with Gasteiger partial charge in [-0.3, -0.25) is 9.59 Å². The van der Waals surface area contributed by atoms with Crippen molar-refractivity contribution in [2.45, 2.75) is 33.2 Å². The summed E-state index contributed by atoms with van der Waals surface area (Å²) in [6.45, 7) is 9.03. The van der Waals surface area contributed by atoms with Gasteiger partial charge < -0.3 is 15.1 Å². The lowest BCUT2D eigenvalue weighted by Crippen LogP contribution is -2.41. The van der Waals surface area contributed by atoms with E-state index < -0.39 is 0 Å². The molecule has 1 atom stereocenters. The normalized spacial score (nSPS) is 15.9. The molecule has 1 aliphatic rings. The van der Waals surface area contributed by atoms with Crippen molar-refractivity contribution in [3.05, 3.63) is 108 Å². The average Bonchev–Trinajstić information content (AvgIpc) is 2.89. The van der Waals surface area contributed by atoms with Crippen molar-refractivity contribution in [1.82, 2.24) is 4.90 Å². The number of piperidine rings is 1. The lowest BCUT2D eigenvalue weighted by atomic mass is 9.94. The second-order valence-corrected chi connectivity index (χ2v) is 9.11. The predicted molar refractivity (Wildman–Crippen MR) is 143 cm³/mol. The molecule has 1 N–H and O–H groups in total. The van der Waals surface area contributed by atoms with Gasteiger partial charge in [-0.2, -0.15) is 0 Å². The summed E-state index contributed by atoms with van der Waals surface area (Å²) in [6, 6.07) is 25.2. The maximum absolute atomic E-state index is 12.8. The summed E-state index contributed by atoms with van der Waals surface area (Å²) in [5, 5.41) is 7.11. The van der Waals surface area contributed by atoms with Crippen LogP contribution in [0.1, 0.15) is 42.0 Å². The van der Waals surface area contributed by atoms with E-state index in [0.29, 0.717) is 31.0 Å². The molecule has 1 aliphatic heterocycles. The minimum absolute atomic E-state index is 0.00975. The van der Waals surface area contributed by atoms with E-state index in [4.69, 9.17) is 4.84 Å². The summed E-state index contributed by atoms with van der Waals surface area (Å²) in [5.41, 5.74) is 5.44. The Labute approximate surface area is 212 Å². The number of amides is 2. The van der Waals surface area contributed by atoms with Crippen LogP contribution < -0.4 is 5.32 Å². The SMILES string of the molecule is C=C(O/N=C(\C)c1ccc(C)cc1)c1ccc(NC(=O)C2CCN(Cc3ccccc3)C(=O)C2)cc1. The van der Waals surface area contributed by atoms with E-state index >= 15 is 0 Å². The minimum Gasteiger partial charge on any atom is -0.357 e. The Morgan fingerprint density at radius 3 is 2.36 bits per heavy atom. The molecule has 1 unspecified atom stereocenters. The summed E-state index contributed by atoms with van der Waals surface area (Å²) < 4.78 is 0. The summed E-state index contributed by atoms with van der Waals surface area (Å²) in [4.78, 5) is 32.7. The van der Waals surface area contributed by atoms with Gasteiger partial charge in [-0.25, -0.2) is 0 Å². The van der Waals surface area contributed by atoms with E-state index in [1.165, 1.54) is 5.56 Å². The molecule has 3 aromatic rings. The van der Waals surface area contributed by atoms with Crippen LogP contribution in [0.25, 0.3) is 5.76 Å². The molecule has 0 aromatic heterocycles. The summed E-state index contributed by atoms with van der Waals surface area (Å²) in [5.74, 6) is -0.0447. The van der Waals surface area contributed by atoms with E-state index in [-0.39, 0.29) is 24.2 Å². The fourth-order valence-electron chi connectivity index (χ4n) is 4.08. The van der Waals surface area contributed by atoms with E-state index in [1.54, 1.807) is 12.1 Å². The Balaban J connectivity index is 1.28. The van der Waals surface area contributed by atoms with Crippen LogP contribution >= 0.6 is 0 Å². The zero-order valence-electron chi connectivity index (χ0n) is 20.7. The fourth-order valence-corrected chi connectivity index (χ4v) is 4.08. The molecule has 1 heterocycles. The molecule has 1 saturated heterocycles. The molecule has 0 spiro atoms. The van der Waals surface area contributed by atoms with Crippen LogP contribution in [0, 0.1) is 12.8 Å². The minimum atomic E-state index is -0.332. The van der Waals surface area contributed by atoms with Gasteiger partial charge in [0.1, 0.15) is 0 Å². The number of rotatable bonds is 8. The third-order valence-corrected chi connectivity index (χ3v) is 6.34. The first-order chi connectivity index (χ1) is 17.4. The molecule has 4 rings (SSSR count). The van der Waals surface area contributed by atoms with Gasteiger partial charge in [-0.1, -0.05) is 71.9 Å². The van der Waals surface area contributed by atoms with Crippen molar-refractivity contribution in [2.75, 3.05) is 11.9 Å². The van der Waals surface area contributed by atoms with Crippen molar-refractivity contribution in [1.29, 1.82) is 0 Å². The maximum Gasteiger partial charge on any atom is 0.228 e. The molecule has 0 bridgehead atoms. The Morgan fingerprint density at radius 2 is 1.69 bits per heavy atom. The van der Waals surface area contributed by atoms with Gasteiger partial charge in [-0.05, 0) is 55.7 Å². The first-order valence-electron chi connectivity index (χ1n) is 12.1. The Kier molecular flexibility index (Phi) is 7.95. The molecule has 184 valence electrons. The number of benzene rings is 3. The highest BCUT2D eigenvalue weighted by atomic mass is 16.6. The zero-order chi connectivity index (χ0) is 25.5. The van der Waals surface area contributed by atoms with Crippen LogP contribution in [0.4, 0.5) is 5.69 Å². The van der Waals surface area contributed by atoms with Gasteiger partial charge >= 0.3 is 0 Å². The smallest absolute Gasteiger partial charge is 0.228 e. The van der Waals surface area contributed by atoms with Crippen molar-refractivity contribution in [3.8, 4) is 0 Å². The van der Waals surface area contributed by atoms with Gasteiger partial charge in [0.2, 0.25) is 11.8 Å². The standard InChI is InChI=1S/C30H31N3O3/c1-21-9-11-25(12-10-21)22(2)32-36-23(3)26-13-15-28(16-14-26)31-30(35)27-17-18-33(29(34)19-27)20-24-7-5-4-6-8-24/h4-16,27H,3,17-20H2,1-2H3,(H,31,35)/b32-22+. The van der Waals surface area contributed by atoms with Crippen LogP contribution in [0.5, 0.6) is 0 Å². The number of nitrogens with one attached hydrogen (secondary N) is 1. The average molecular weight is 482 g/mol. The van der Waals surface area contributed by atoms with Gasteiger partial charge in [-0.15, -0.1) is 0 Å². The second kappa shape index (κ2) is 11.5. The third kappa shape index (κ3) is 6.48. The highest BCUT2D eigenvalue weighted by Crippen LogP contribution is 2.23. The van der Waals surface area contributed by atoms with Crippen molar-refractivity contribution in [2.24, 2.45) is 11.1 Å². The molecule has 0 saturated carbocycles. The second-order valence-electron chi connectivity index (χ2n) is 9.11. The molecule has 6 nitrogen and oxygen atoms in total. The third-order valence-electron chi connectivity index (χ3n) is 6.34. The molecular weight excluding hydrogens is 450 g/mol. The largest absolute Gasteiger partial charge is 0.357 e. The summed E-state index contributed by atoms with van der Waals surface area (Å²) >= 11 is 0. The molecule has 0 radical (unpaired) electrons. The summed E-state index contributed by atoms with van der Waals surface area (Å²) in [7, 11) is 0. The molecule has 2 amide bonds. The molecule has 36 heavy (non-hydrogen) atoms. The Bertz CT molecular complexity index is 1250. The van der Waals surface area contributed by atoms with Crippen molar-refractivity contribution >= 4 is 29.0 Å². The number of carbonyl (C=O) groups is 2. The van der Waals surface area contributed by atoms with Gasteiger partial charge in [0.15, 0.2) is 5.76 Å². The monoisotopic (exact) mass is 481 g/mol. The number of aryl methyl sites for hydroxylation is 1. The number of likely N-dealkylation sites (tertiary alicyclic amines) is 1. The van der Waals surface area contributed by atoms with Crippen LogP contribution in [0.3, 0.4) is 0 Å². The van der Waals surface area contributed by atoms with Crippen molar-refractivity contribution < 1.29 is 14.4 Å². The first kappa shape index (κ1) is 24.9. The van der Waals surface area contributed by atoms with Crippen LogP contribution in [0.2, 0.25) is 0 Å². The number of nitrogens with zero attached hydrogens (tertiary/aromatic N) is 2. The van der Waals surface area contributed by atoms with Crippen LogP contribution in [-0.2, 0) is 21.0 Å². The number of hydrogen-bond acceptors (Lipinski definition) is 4. The molecule has 6 heteroatoms.